The fourth-order valence-electron chi connectivity index (χ4n) is 1.45. The Kier molecular flexibility index (Phi) is 2.64. The molecule has 1 heterocycles. The Labute approximate surface area is 79.1 Å². The van der Waals surface area contributed by atoms with Gasteiger partial charge in [0.1, 0.15) is 0 Å². The van der Waals surface area contributed by atoms with Crippen LogP contribution in [0.2, 0.25) is 0 Å². The highest BCUT2D eigenvalue weighted by molar-refractivity contribution is 4.82. The number of hydrogen-bond donors (Lipinski definition) is 1. The van der Waals surface area contributed by atoms with Gasteiger partial charge in [-0.25, -0.2) is 0 Å². The zero-order valence-corrected chi connectivity index (χ0v) is 8.11. The lowest BCUT2D eigenvalue weighted by Gasteiger charge is -2.12. The average molecular weight is 179 g/mol. The highest BCUT2D eigenvalue weighted by Crippen LogP contribution is 2.27. The van der Waals surface area contributed by atoms with Crippen molar-refractivity contribution < 1.29 is 0 Å². The monoisotopic (exact) mass is 179 g/mol. The maximum absolute atomic E-state index is 4.21. The summed E-state index contributed by atoms with van der Waals surface area (Å²) in [6.07, 6.45) is 6.69. The van der Waals surface area contributed by atoms with E-state index in [1.807, 2.05) is 23.1 Å². The van der Waals surface area contributed by atoms with Gasteiger partial charge in [-0.2, -0.15) is 5.10 Å². The summed E-state index contributed by atoms with van der Waals surface area (Å²) in [5.74, 6) is 0.963. The highest BCUT2D eigenvalue weighted by atomic mass is 15.3. The second-order valence-corrected chi connectivity index (χ2v) is 3.94. The van der Waals surface area contributed by atoms with E-state index in [4.69, 9.17) is 0 Å². The fourth-order valence-corrected chi connectivity index (χ4v) is 1.45. The van der Waals surface area contributed by atoms with E-state index in [1.54, 1.807) is 0 Å². The van der Waals surface area contributed by atoms with Gasteiger partial charge in [-0.05, 0) is 38.3 Å². The van der Waals surface area contributed by atoms with Gasteiger partial charge >= 0.3 is 0 Å². The normalized spacial score (nSPS) is 18.8. The van der Waals surface area contributed by atoms with E-state index in [2.05, 4.69) is 17.3 Å². The molecule has 1 fully saturated rings. The fraction of sp³-hybridized carbons (Fsp3) is 0.700. The molecular formula is C10H17N3. The summed E-state index contributed by atoms with van der Waals surface area (Å²) >= 11 is 0. The van der Waals surface area contributed by atoms with Gasteiger partial charge in [-0.15, -0.1) is 0 Å². The van der Waals surface area contributed by atoms with Crippen LogP contribution in [0.1, 0.15) is 25.8 Å². The van der Waals surface area contributed by atoms with Crippen LogP contribution in [-0.4, -0.2) is 22.9 Å². The third-order valence-corrected chi connectivity index (χ3v) is 2.55. The second kappa shape index (κ2) is 3.92. The van der Waals surface area contributed by atoms with Gasteiger partial charge in [0.15, 0.2) is 0 Å². The van der Waals surface area contributed by atoms with Crippen LogP contribution in [-0.2, 0) is 0 Å². The first-order valence-electron chi connectivity index (χ1n) is 5.06. The van der Waals surface area contributed by atoms with Crippen LogP contribution in [0.4, 0.5) is 0 Å². The van der Waals surface area contributed by atoms with Crippen LogP contribution < -0.4 is 5.32 Å². The van der Waals surface area contributed by atoms with E-state index in [9.17, 15) is 0 Å². The summed E-state index contributed by atoms with van der Waals surface area (Å²) in [6, 6.07) is 2.44. The molecule has 3 heteroatoms. The van der Waals surface area contributed by atoms with Crippen LogP contribution in [0.15, 0.2) is 18.5 Å². The first kappa shape index (κ1) is 8.75. The molecular weight excluding hydrogens is 162 g/mol. The molecule has 1 N–H and O–H groups in total. The molecule has 72 valence electrons. The molecule has 2 rings (SSSR count). The maximum atomic E-state index is 4.21. The summed E-state index contributed by atoms with van der Waals surface area (Å²) < 4.78 is 2.00. The van der Waals surface area contributed by atoms with E-state index in [0.29, 0.717) is 6.04 Å². The van der Waals surface area contributed by atoms with Crippen molar-refractivity contribution in [2.24, 2.45) is 5.92 Å². The van der Waals surface area contributed by atoms with Crippen molar-refractivity contribution in [3.63, 3.8) is 0 Å². The summed E-state index contributed by atoms with van der Waals surface area (Å²) in [7, 11) is 0. The quantitative estimate of drug-likeness (QED) is 0.741. The molecule has 0 aliphatic heterocycles. The number of hydrogen-bond acceptors (Lipinski definition) is 2. The van der Waals surface area contributed by atoms with E-state index >= 15 is 0 Å². The molecule has 1 aromatic rings. The molecule has 1 aliphatic carbocycles. The van der Waals surface area contributed by atoms with Crippen molar-refractivity contribution in [2.45, 2.75) is 25.8 Å². The van der Waals surface area contributed by atoms with Crippen molar-refractivity contribution in [1.29, 1.82) is 0 Å². The number of rotatable bonds is 5. The molecule has 1 aromatic heterocycles. The number of nitrogens with one attached hydrogen (secondary N) is 1. The van der Waals surface area contributed by atoms with Crippen molar-refractivity contribution >= 4 is 0 Å². The van der Waals surface area contributed by atoms with Gasteiger partial charge in [0.05, 0.1) is 6.04 Å². The van der Waals surface area contributed by atoms with Crippen LogP contribution in [0.25, 0.3) is 0 Å². The largest absolute Gasteiger partial charge is 0.314 e. The molecule has 3 nitrogen and oxygen atoms in total. The van der Waals surface area contributed by atoms with Crippen molar-refractivity contribution in [3.05, 3.63) is 18.5 Å². The van der Waals surface area contributed by atoms with E-state index in [1.165, 1.54) is 19.4 Å². The third-order valence-electron chi connectivity index (χ3n) is 2.55. The predicted octanol–water partition coefficient (Wildman–Crippen LogP) is 1.44. The summed E-state index contributed by atoms with van der Waals surface area (Å²) in [5, 5.41) is 7.68. The smallest absolute Gasteiger partial charge is 0.0615 e. The Hall–Kier alpha value is -0.830. The van der Waals surface area contributed by atoms with Crippen LogP contribution >= 0.6 is 0 Å². The zero-order valence-electron chi connectivity index (χ0n) is 8.11. The summed E-state index contributed by atoms with van der Waals surface area (Å²) in [5.41, 5.74) is 0. The molecule has 1 atom stereocenters. The molecule has 0 amide bonds. The lowest BCUT2D eigenvalue weighted by atomic mass is 10.3. The van der Waals surface area contributed by atoms with Crippen LogP contribution in [0.5, 0.6) is 0 Å². The molecule has 0 bridgehead atoms. The van der Waals surface area contributed by atoms with Crippen LogP contribution in [0.3, 0.4) is 0 Å². The minimum absolute atomic E-state index is 0.466. The number of nitrogens with zero attached hydrogens (tertiary/aromatic N) is 2. The summed E-state index contributed by atoms with van der Waals surface area (Å²) in [6.45, 7) is 4.40. The minimum Gasteiger partial charge on any atom is -0.314 e. The third kappa shape index (κ3) is 2.56. The van der Waals surface area contributed by atoms with Crippen molar-refractivity contribution in [1.82, 2.24) is 15.1 Å². The molecule has 13 heavy (non-hydrogen) atoms. The Balaban J connectivity index is 1.68. The van der Waals surface area contributed by atoms with Crippen molar-refractivity contribution in [3.8, 4) is 0 Å². The Morgan fingerprint density at radius 2 is 2.46 bits per heavy atom. The summed E-state index contributed by atoms with van der Waals surface area (Å²) in [4.78, 5) is 0. The zero-order chi connectivity index (χ0) is 9.10. The SMILES string of the molecule is CC(CNCC1CC1)n1cccn1. The lowest BCUT2D eigenvalue weighted by molar-refractivity contribution is 0.449. The molecule has 0 aromatic carbocycles. The van der Waals surface area contributed by atoms with E-state index < -0.39 is 0 Å². The Bertz CT molecular complexity index is 239. The minimum atomic E-state index is 0.466. The van der Waals surface area contributed by atoms with Gasteiger partial charge in [0.25, 0.3) is 0 Å². The first-order chi connectivity index (χ1) is 6.36. The molecule has 0 saturated heterocycles. The first-order valence-corrected chi connectivity index (χ1v) is 5.06. The van der Waals surface area contributed by atoms with Gasteiger partial charge < -0.3 is 5.32 Å². The number of aromatic nitrogens is 2. The average Bonchev–Trinajstić information content (AvgIpc) is 2.80. The van der Waals surface area contributed by atoms with Gasteiger partial charge in [-0.1, -0.05) is 0 Å². The van der Waals surface area contributed by atoms with Crippen molar-refractivity contribution in [2.75, 3.05) is 13.1 Å². The lowest BCUT2D eigenvalue weighted by Crippen LogP contribution is -2.25. The topological polar surface area (TPSA) is 29.9 Å². The molecule has 0 spiro atoms. The Morgan fingerprint density at radius 3 is 3.08 bits per heavy atom. The van der Waals surface area contributed by atoms with E-state index in [-0.39, 0.29) is 0 Å². The molecule has 1 unspecified atom stereocenters. The van der Waals surface area contributed by atoms with Gasteiger partial charge in [-0.3, -0.25) is 4.68 Å². The standard InChI is InChI=1S/C10H17N3/c1-9(13-6-2-5-12-13)7-11-8-10-3-4-10/h2,5-6,9-11H,3-4,7-8H2,1H3. The second-order valence-electron chi connectivity index (χ2n) is 3.94. The van der Waals surface area contributed by atoms with E-state index in [0.717, 1.165) is 12.5 Å². The van der Waals surface area contributed by atoms with Gasteiger partial charge in [0.2, 0.25) is 0 Å². The Morgan fingerprint density at radius 1 is 1.62 bits per heavy atom. The predicted molar refractivity (Wildman–Crippen MR) is 52.5 cm³/mol. The molecule has 0 radical (unpaired) electrons. The maximum Gasteiger partial charge on any atom is 0.0615 e. The molecule has 1 saturated carbocycles. The van der Waals surface area contributed by atoms with Gasteiger partial charge in [0, 0.05) is 18.9 Å². The molecule has 1 aliphatic rings. The van der Waals surface area contributed by atoms with Crippen LogP contribution in [0, 0.1) is 5.92 Å². The highest BCUT2D eigenvalue weighted by Gasteiger charge is 2.20.